The third-order valence-corrected chi connectivity index (χ3v) is 4.01. The molecule has 0 saturated carbocycles. The summed E-state index contributed by atoms with van der Waals surface area (Å²) in [6.45, 7) is 0.949. The average Bonchev–Trinajstić information content (AvgIpc) is 3.41. The standard InChI is InChI=1S/C17H12N2O6/c20-16-12-6-5-10(19(22)23)7-13(12)17(21)18(16)14-3-1-2-4-15(14)25-9-11-8-24-11/h1-7,11H,8-9H2. The van der Waals surface area contributed by atoms with Crippen LogP contribution in [-0.2, 0) is 4.74 Å². The van der Waals surface area contributed by atoms with Crippen LogP contribution in [0.2, 0.25) is 0 Å². The number of fused-ring (bicyclic) bond motifs is 1. The van der Waals surface area contributed by atoms with E-state index >= 15 is 0 Å². The highest BCUT2D eigenvalue weighted by Gasteiger charge is 2.39. The molecule has 2 aliphatic heterocycles. The molecule has 25 heavy (non-hydrogen) atoms. The third-order valence-electron chi connectivity index (χ3n) is 4.01. The SMILES string of the molecule is O=C1c2ccc([N+](=O)[O-])cc2C(=O)N1c1ccccc1OCC1CO1. The van der Waals surface area contributed by atoms with Crippen LogP contribution in [0, 0.1) is 10.1 Å². The highest BCUT2D eigenvalue weighted by atomic mass is 16.6. The first-order valence-corrected chi connectivity index (χ1v) is 7.57. The number of hydrogen-bond acceptors (Lipinski definition) is 6. The molecule has 0 N–H and O–H groups in total. The number of hydrogen-bond donors (Lipinski definition) is 0. The highest BCUT2D eigenvalue weighted by Crippen LogP contribution is 2.36. The predicted molar refractivity (Wildman–Crippen MR) is 85.9 cm³/mol. The van der Waals surface area contributed by atoms with Gasteiger partial charge in [0, 0.05) is 12.1 Å². The maximum absolute atomic E-state index is 12.7. The molecule has 0 radical (unpaired) electrons. The number of epoxide rings is 1. The summed E-state index contributed by atoms with van der Waals surface area (Å²) in [5.74, 6) is -0.766. The van der Waals surface area contributed by atoms with Gasteiger partial charge in [0.1, 0.15) is 18.5 Å². The number of benzene rings is 2. The first-order chi connectivity index (χ1) is 12.1. The van der Waals surface area contributed by atoms with Crippen LogP contribution in [-0.4, -0.2) is 36.1 Å². The Labute approximate surface area is 141 Å². The zero-order valence-corrected chi connectivity index (χ0v) is 12.9. The van der Waals surface area contributed by atoms with Crippen molar-refractivity contribution in [3.8, 4) is 5.75 Å². The molecule has 1 fully saturated rings. The lowest BCUT2D eigenvalue weighted by Gasteiger charge is -2.18. The number of amides is 2. The molecule has 8 heteroatoms. The highest BCUT2D eigenvalue weighted by molar-refractivity contribution is 6.35. The minimum Gasteiger partial charge on any atom is -0.489 e. The number of nitro benzene ring substituents is 1. The summed E-state index contributed by atoms with van der Waals surface area (Å²) in [6.07, 6.45) is 0.0258. The van der Waals surface area contributed by atoms with Crippen LogP contribution in [0.5, 0.6) is 5.75 Å². The second-order valence-corrected chi connectivity index (χ2v) is 5.67. The van der Waals surface area contributed by atoms with E-state index in [1.807, 2.05) is 0 Å². The summed E-state index contributed by atoms with van der Waals surface area (Å²) < 4.78 is 10.7. The molecule has 1 unspecified atom stereocenters. The van der Waals surface area contributed by atoms with Crippen LogP contribution in [0.3, 0.4) is 0 Å². The molecule has 8 nitrogen and oxygen atoms in total. The molecule has 1 saturated heterocycles. The van der Waals surface area contributed by atoms with Crippen molar-refractivity contribution >= 4 is 23.2 Å². The summed E-state index contributed by atoms with van der Waals surface area (Å²) >= 11 is 0. The normalized spacial score (nSPS) is 18.2. The van der Waals surface area contributed by atoms with Gasteiger partial charge < -0.3 is 9.47 Å². The number of carbonyl (C=O) groups is 2. The monoisotopic (exact) mass is 340 g/mol. The van der Waals surface area contributed by atoms with E-state index < -0.39 is 16.7 Å². The molecule has 2 aromatic carbocycles. The summed E-state index contributed by atoms with van der Waals surface area (Å²) in [5, 5.41) is 10.9. The number of rotatable bonds is 5. The molecule has 0 spiro atoms. The second kappa shape index (κ2) is 5.67. The molecule has 0 bridgehead atoms. The van der Waals surface area contributed by atoms with Gasteiger partial charge in [-0.05, 0) is 18.2 Å². The first kappa shape index (κ1) is 15.3. The van der Waals surface area contributed by atoms with E-state index in [0.29, 0.717) is 24.7 Å². The van der Waals surface area contributed by atoms with Gasteiger partial charge >= 0.3 is 0 Å². The van der Waals surface area contributed by atoms with Crippen molar-refractivity contribution in [2.45, 2.75) is 6.10 Å². The Bertz CT molecular complexity index is 906. The van der Waals surface area contributed by atoms with Gasteiger partial charge in [-0.15, -0.1) is 0 Å². The number of imide groups is 1. The fraction of sp³-hybridized carbons (Fsp3) is 0.176. The number of nitrogens with zero attached hydrogens (tertiary/aromatic N) is 2. The van der Waals surface area contributed by atoms with Crippen molar-refractivity contribution in [3.05, 3.63) is 63.7 Å². The molecule has 1 atom stereocenters. The first-order valence-electron chi connectivity index (χ1n) is 7.57. The predicted octanol–water partition coefficient (Wildman–Crippen LogP) is 2.17. The summed E-state index contributed by atoms with van der Waals surface area (Å²) in [7, 11) is 0. The van der Waals surface area contributed by atoms with E-state index in [4.69, 9.17) is 9.47 Å². The lowest BCUT2D eigenvalue weighted by Crippen LogP contribution is -2.30. The van der Waals surface area contributed by atoms with Gasteiger partial charge in [0.25, 0.3) is 17.5 Å². The lowest BCUT2D eigenvalue weighted by atomic mass is 10.1. The minimum absolute atomic E-state index is 0.0135. The number of nitro groups is 1. The number of ether oxygens (including phenoxy) is 2. The molecule has 2 aromatic rings. The van der Waals surface area contributed by atoms with E-state index in [1.165, 1.54) is 12.1 Å². The fourth-order valence-electron chi connectivity index (χ4n) is 2.67. The molecule has 0 aliphatic carbocycles. The van der Waals surface area contributed by atoms with Crippen LogP contribution in [0.15, 0.2) is 42.5 Å². The van der Waals surface area contributed by atoms with Gasteiger partial charge in [-0.2, -0.15) is 0 Å². The number of para-hydroxylation sites is 2. The van der Waals surface area contributed by atoms with Gasteiger partial charge in [0.2, 0.25) is 0 Å². The number of non-ortho nitro benzene ring substituents is 1. The Balaban J connectivity index is 1.71. The van der Waals surface area contributed by atoms with Crippen molar-refractivity contribution < 1.29 is 24.0 Å². The van der Waals surface area contributed by atoms with Crippen molar-refractivity contribution in [2.24, 2.45) is 0 Å². The number of anilines is 1. The van der Waals surface area contributed by atoms with Crippen LogP contribution >= 0.6 is 0 Å². The average molecular weight is 340 g/mol. The second-order valence-electron chi connectivity index (χ2n) is 5.67. The summed E-state index contributed by atoms with van der Waals surface area (Å²) in [4.78, 5) is 36.6. The van der Waals surface area contributed by atoms with Crippen LogP contribution in [0.25, 0.3) is 0 Å². The molecule has 2 amide bonds. The van der Waals surface area contributed by atoms with Gasteiger partial charge in [-0.3, -0.25) is 19.7 Å². The Hall–Kier alpha value is -3.26. The van der Waals surface area contributed by atoms with Gasteiger partial charge in [0.15, 0.2) is 0 Å². The smallest absolute Gasteiger partial charge is 0.270 e. The summed E-state index contributed by atoms with van der Waals surface area (Å²) in [5.41, 5.74) is 0.213. The van der Waals surface area contributed by atoms with Gasteiger partial charge in [-0.25, -0.2) is 4.90 Å². The summed E-state index contributed by atoms with van der Waals surface area (Å²) in [6, 6.07) is 10.3. The van der Waals surface area contributed by atoms with Crippen molar-refractivity contribution in [3.63, 3.8) is 0 Å². The molecular weight excluding hydrogens is 328 g/mol. The van der Waals surface area contributed by atoms with E-state index in [9.17, 15) is 19.7 Å². The molecule has 126 valence electrons. The minimum atomic E-state index is -0.609. The quantitative estimate of drug-likeness (QED) is 0.358. The fourth-order valence-corrected chi connectivity index (χ4v) is 2.67. The Morgan fingerprint density at radius 2 is 1.88 bits per heavy atom. The van der Waals surface area contributed by atoms with Crippen molar-refractivity contribution in [2.75, 3.05) is 18.1 Å². The molecule has 2 heterocycles. The van der Waals surface area contributed by atoms with Crippen LogP contribution in [0.4, 0.5) is 11.4 Å². The van der Waals surface area contributed by atoms with E-state index in [2.05, 4.69) is 0 Å². The molecule has 0 aromatic heterocycles. The topological polar surface area (TPSA) is 102 Å². The molecule has 4 rings (SSSR count). The van der Waals surface area contributed by atoms with Gasteiger partial charge in [-0.1, -0.05) is 12.1 Å². The maximum Gasteiger partial charge on any atom is 0.270 e. The molecule has 2 aliphatic rings. The number of carbonyl (C=O) groups excluding carboxylic acids is 2. The molecular formula is C17H12N2O6. The Morgan fingerprint density at radius 3 is 2.60 bits per heavy atom. The van der Waals surface area contributed by atoms with Crippen molar-refractivity contribution in [1.29, 1.82) is 0 Å². The Kier molecular flexibility index (Phi) is 3.47. The van der Waals surface area contributed by atoms with Gasteiger partial charge in [0.05, 0.1) is 28.3 Å². The van der Waals surface area contributed by atoms with E-state index in [1.54, 1.807) is 24.3 Å². The zero-order valence-electron chi connectivity index (χ0n) is 12.9. The van der Waals surface area contributed by atoms with E-state index in [0.717, 1.165) is 11.0 Å². The van der Waals surface area contributed by atoms with Crippen LogP contribution in [0.1, 0.15) is 20.7 Å². The largest absolute Gasteiger partial charge is 0.489 e. The van der Waals surface area contributed by atoms with E-state index in [-0.39, 0.29) is 22.9 Å². The lowest BCUT2D eigenvalue weighted by molar-refractivity contribution is -0.384. The van der Waals surface area contributed by atoms with Crippen LogP contribution < -0.4 is 9.64 Å². The Morgan fingerprint density at radius 1 is 1.16 bits per heavy atom. The zero-order chi connectivity index (χ0) is 17.6. The van der Waals surface area contributed by atoms with Crippen molar-refractivity contribution in [1.82, 2.24) is 0 Å². The maximum atomic E-state index is 12.7. The third kappa shape index (κ3) is 2.62.